The number of nitrogens with two attached hydrogens (primary N) is 1. The van der Waals surface area contributed by atoms with E-state index in [4.69, 9.17) is 17.3 Å². The molecule has 0 saturated carbocycles. The van der Waals surface area contributed by atoms with Crippen LogP contribution in [0, 0.1) is 10.1 Å². The minimum atomic E-state index is -0.635. The quantitative estimate of drug-likeness (QED) is 0.492. The number of allylic oxidation sites excluding steroid dienone is 1. The summed E-state index contributed by atoms with van der Waals surface area (Å²) in [4.78, 5) is 15.2. The van der Waals surface area contributed by atoms with Gasteiger partial charge in [0.1, 0.15) is 6.17 Å². The van der Waals surface area contributed by atoms with Gasteiger partial charge in [-0.3, -0.25) is 10.1 Å². The van der Waals surface area contributed by atoms with Gasteiger partial charge in [-0.1, -0.05) is 11.6 Å². The minimum Gasteiger partial charge on any atom is -0.379 e. The van der Waals surface area contributed by atoms with E-state index in [2.05, 4.69) is 4.99 Å². The molecule has 1 heterocycles. The van der Waals surface area contributed by atoms with Gasteiger partial charge >= 0.3 is 5.70 Å². The zero-order valence-corrected chi connectivity index (χ0v) is 7.95. The summed E-state index contributed by atoms with van der Waals surface area (Å²) in [6.45, 7) is 1.74. The number of aliphatic imine (C=N–C) groups is 1. The third kappa shape index (κ3) is 1.57. The Hall–Kier alpha value is -1.30. The second-order valence-electron chi connectivity index (χ2n) is 2.65. The summed E-state index contributed by atoms with van der Waals surface area (Å²) < 4.78 is 0. The predicted octanol–water partition coefficient (Wildman–Crippen LogP) is 0.320. The molecule has 7 heteroatoms. The Morgan fingerprint density at radius 1 is 1.77 bits per heavy atom. The van der Waals surface area contributed by atoms with E-state index in [1.54, 1.807) is 14.0 Å². The maximum atomic E-state index is 10.5. The first kappa shape index (κ1) is 9.79. The second kappa shape index (κ2) is 3.21. The Bertz CT molecular complexity index is 312. The SMILES string of the molecule is CC1N=C(Cl)C([N+](=O)[O-])=C(N)N1C. The Morgan fingerprint density at radius 3 is 2.77 bits per heavy atom. The van der Waals surface area contributed by atoms with Gasteiger partial charge < -0.3 is 10.6 Å². The minimum absolute atomic E-state index is 0.0394. The first-order valence-corrected chi connectivity index (χ1v) is 3.93. The van der Waals surface area contributed by atoms with Crippen LogP contribution in [0.5, 0.6) is 0 Å². The summed E-state index contributed by atoms with van der Waals surface area (Å²) in [6, 6.07) is 0. The first-order chi connectivity index (χ1) is 5.95. The Morgan fingerprint density at radius 2 is 2.31 bits per heavy atom. The van der Waals surface area contributed by atoms with Gasteiger partial charge in [-0.05, 0) is 6.92 Å². The molecule has 0 aromatic rings. The van der Waals surface area contributed by atoms with E-state index < -0.39 is 4.92 Å². The van der Waals surface area contributed by atoms with Gasteiger partial charge in [0, 0.05) is 7.05 Å². The molecule has 1 atom stereocenters. The fourth-order valence-electron chi connectivity index (χ4n) is 0.955. The van der Waals surface area contributed by atoms with Gasteiger partial charge in [0.05, 0.1) is 4.92 Å². The van der Waals surface area contributed by atoms with Crippen molar-refractivity contribution < 1.29 is 4.92 Å². The lowest BCUT2D eigenvalue weighted by molar-refractivity contribution is -0.417. The first-order valence-electron chi connectivity index (χ1n) is 3.55. The molecule has 1 aliphatic heterocycles. The monoisotopic (exact) mass is 204 g/mol. The van der Waals surface area contributed by atoms with Gasteiger partial charge in [-0.15, -0.1) is 0 Å². The molecule has 1 rings (SSSR count). The average molecular weight is 205 g/mol. The van der Waals surface area contributed by atoms with E-state index >= 15 is 0 Å². The molecule has 1 unspecified atom stereocenters. The Balaban J connectivity index is 3.17. The molecule has 13 heavy (non-hydrogen) atoms. The molecule has 72 valence electrons. The van der Waals surface area contributed by atoms with Crippen molar-refractivity contribution in [3.05, 3.63) is 21.6 Å². The number of hydrogen-bond acceptors (Lipinski definition) is 5. The Kier molecular flexibility index (Phi) is 2.42. The van der Waals surface area contributed by atoms with Crippen LogP contribution < -0.4 is 5.73 Å². The number of nitrogens with zero attached hydrogens (tertiary/aromatic N) is 3. The summed E-state index contributed by atoms with van der Waals surface area (Å²) in [5.41, 5.74) is 5.17. The fourth-order valence-corrected chi connectivity index (χ4v) is 1.26. The number of halogens is 1. The summed E-state index contributed by atoms with van der Waals surface area (Å²) in [6.07, 6.45) is -0.267. The fraction of sp³-hybridized carbons (Fsp3) is 0.500. The van der Waals surface area contributed by atoms with E-state index in [1.165, 1.54) is 4.90 Å². The number of rotatable bonds is 1. The van der Waals surface area contributed by atoms with Gasteiger partial charge in [0.15, 0.2) is 5.82 Å². The van der Waals surface area contributed by atoms with E-state index in [-0.39, 0.29) is 22.9 Å². The van der Waals surface area contributed by atoms with Crippen molar-refractivity contribution in [2.24, 2.45) is 10.7 Å². The van der Waals surface area contributed by atoms with Crippen LogP contribution >= 0.6 is 11.6 Å². The molecular weight excluding hydrogens is 196 g/mol. The summed E-state index contributed by atoms with van der Waals surface area (Å²) in [5, 5.41) is 10.4. The molecule has 1 aliphatic rings. The molecule has 0 aliphatic carbocycles. The topological polar surface area (TPSA) is 84.8 Å². The molecule has 0 radical (unpaired) electrons. The largest absolute Gasteiger partial charge is 0.379 e. The average Bonchev–Trinajstić information content (AvgIpc) is 1.99. The van der Waals surface area contributed by atoms with Crippen molar-refractivity contribution in [3.8, 4) is 0 Å². The third-order valence-electron chi connectivity index (χ3n) is 1.86. The number of hydrogen-bond donors (Lipinski definition) is 1. The zero-order chi connectivity index (χ0) is 10.2. The molecule has 0 bridgehead atoms. The van der Waals surface area contributed by atoms with Crippen molar-refractivity contribution in [2.45, 2.75) is 13.1 Å². The van der Waals surface area contributed by atoms with Crippen LogP contribution in [0.2, 0.25) is 0 Å². The van der Waals surface area contributed by atoms with Gasteiger partial charge in [-0.25, -0.2) is 4.99 Å². The van der Waals surface area contributed by atoms with Gasteiger partial charge in [0.25, 0.3) is 0 Å². The van der Waals surface area contributed by atoms with Crippen LogP contribution in [-0.4, -0.2) is 28.2 Å². The smallest absolute Gasteiger partial charge is 0.345 e. The van der Waals surface area contributed by atoms with Crippen LogP contribution in [-0.2, 0) is 0 Å². The highest BCUT2D eigenvalue weighted by molar-refractivity contribution is 6.69. The highest BCUT2D eigenvalue weighted by Gasteiger charge is 2.31. The van der Waals surface area contributed by atoms with Crippen molar-refractivity contribution in [1.82, 2.24) is 4.90 Å². The van der Waals surface area contributed by atoms with E-state index in [9.17, 15) is 10.1 Å². The van der Waals surface area contributed by atoms with E-state index in [0.717, 1.165) is 0 Å². The maximum Gasteiger partial charge on any atom is 0.345 e. The molecule has 0 saturated heterocycles. The standard InChI is InChI=1S/C6H9ClN4O2/c1-3-9-5(7)4(11(12)13)6(8)10(3)2/h3H,8H2,1-2H3. The maximum absolute atomic E-state index is 10.5. The third-order valence-corrected chi connectivity index (χ3v) is 2.14. The molecule has 2 N–H and O–H groups in total. The molecule has 0 fully saturated rings. The molecule has 6 nitrogen and oxygen atoms in total. The van der Waals surface area contributed by atoms with E-state index in [1.807, 2.05) is 0 Å². The normalized spacial score (nSPS) is 23.2. The van der Waals surface area contributed by atoms with Gasteiger partial charge in [-0.2, -0.15) is 0 Å². The van der Waals surface area contributed by atoms with Crippen molar-refractivity contribution >= 4 is 16.8 Å². The van der Waals surface area contributed by atoms with Crippen LogP contribution in [0.1, 0.15) is 6.92 Å². The lowest BCUT2D eigenvalue weighted by Gasteiger charge is -2.26. The van der Waals surface area contributed by atoms with Crippen LogP contribution in [0.3, 0.4) is 0 Å². The van der Waals surface area contributed by atoms with Crippen molar-refractivity contribution in [3.63, 3.8) is 0 Å². The van der Waals surface area contributed by atoms with Gasteiger partial charge in [0.2, 0.25) is 5.17 Å². The highest BCUT2D eigenvalue weighted by Crippen LogP contribution is 2.18. The molecule has 0 aromatic heterocycles. The highest BCUT2D eigenvalue weighted by atomic mass is 35.5. The lowest BCUT2D eigenvalue weighted by Crippen LogP contribution is -2.38. The lowest BCUT2D eigenvalue weighted by atomic mass is 10.3. The summed E-state index contributed by atoms with van der Waals surface area (Å²) in [5.74, 6) is 0.0394. The summed E-state index contributed by atoms with van der Waals surface area (Å²) >= 11 is 5.58. The molecule has 0 spiro atoms. The number of nitro groups is 1. The Labute approximate surface area is 79.8 Å². The second-order valence-corrected chi connectivity index (χ2v) is 3.01. The van der Waals surface area contributed by atoms with E-state index in [0.29, 0.717) is 0 Å². The summed E-state index contributed by atoms with van der Waals surface area (Å²) in [7, 11) is 1.62. The van der Waals surface area contributed by atoms with Crippen molar-refractivity contribution in [2.75, 3.05) is 7.05 Å². The zero-order valence-electron chi connectivity index (χ0n) is 7.19. The molecule has 0 aromatic carbocycles. The molecule has 0 amide bonds. The van der Waals surface area contributed by atoms with Crippen molar-refractivity contribution in [1.29, 1.82) is 0 Å². The molecular formula is C6H9ClN4O2. The van der Waals surface area contributed by atoms with Crippen LogP contribution in [0.4, 0.5) is 0 Å². The van der Waals surface area contributed by atoms with Crippen LogP contribution in [0.25, 0.3) is 0 Å². The predicted molar refractivity (Wildman–Crippen MR) is 48.7 cm³/mol. The van der Waals surface area contributed by atoms with Crippen LogP contribution in [0.15, 0.2) is 16.5 Å².